The summed E-state index contributed by atoms with van der Waals surface area (Å²) >= 11 is 0. The maximum Gasteiger partial charge on any atom is 0.254 e. The summed E-state index contributed by atoms with van der Waals surface area (Å²) in [6.45, 7) is 0.00993. The lowest BCUT2D eigenvalue weighted by molar-refractivity contribution is -0.122. The van der Waals surface area contributed by atoms with E-state index in [-0.39, 0.29) is 24.4 Å². The van der Waals surface area contributed by atoms with Crippen LogP contribution in [0.2, 0.25) is 0 Å². The van der Waals surface area contributed by atoms with Crippen molar-refractivity contribution in [3.63, 3.8) is 0 Å². The zero-order valence-electron chi connectivity index (χ0n) is 16.1. The minimum Gasteiger partial charge on any atom is -0.348 e. The molecule has 0 bridgehead atoms. The highest BCUT2D eigenvalue weighted by molar-refractivity contribution is 5.98. The number of benzene rings is 2. The monoisotopic (exact) mass is 377 g/mol. The van der Waals surface area contributed by atoms with Crippen LogP contribution >= 0.6 is 0 Å². The van der Waals surface area contributed by atoms with Crippen LogP contribution in [0, 0.1) is 0 Å². The first-order valence-electron chi connectivity index (χ1n) is 9.45. The lowest BCUT2D eigenvalue weighted by atomic mass is 9.88. The summed E-state index contributed by atoms with van der Waals surface area (Å²) in [5, 5.41) is 11.1. The van der Waals surface area contributed by atoms with Crippen LogP contribution < -0.4 is 5.32 Å². The topological polar surface area (TPSA) is 80.1 Å². The van der Waals surface area contributed by atoms with Crippen molar-refractivity contribution in [2.24, 2.45) is 7.05 Å². The van der Waals surface area contributed by atoms with Crippen molar-refractivity contribution in [2.45, 2.75) is 25.3 Å². The van der Waals surface area contributed by atoms with Crippen LogP contribution in [0.4, 0.5) is 0 Å². The van der Waals surface area contributed by atoms with Gasteiger partial charge in [-0.3, -0.25) is 9.59 Å². The highest BCUT2D eigenvalue weighted by Crippen LogP contribution is 2.29. The molecule has 1 aliphatic carbocycles. The number of likely N-dealkylation sites (N-methyl/N-ethyl adjacent to an activating group) is 1. The number of aryl methyl sites for hydroxylation is 2. The first kappa shape index (κ1) is 18.2. The predicted octanol–water partition coefficient (Wildman–Crippen LogP) is 2.23. The molecule has 1 N–H and O–H groups in total. The van der Waals surface area contributed by atoms with Gasteiger partial charge in [-0.1, -0.05) is 29.5 Å². The van der Waals surface area contributed by atoms with Gasteiger partial charge in [-0.25, -0.2) is 4.68 Å². The average molecular weight is 377 g/mol. The number of nitrogens with zero attached hydrogens (tertiary/aromatic N) is 4. The first-order valence-corrected chi connectivity index (χ1v) is 9.45. The van der Waals surface area contributed by atoms with E-state index in [1.54, 1.807) is 30.9 Å². The van der Waals surface area contributed by atoms with Crippen molar-refractivity contribution in [1.29, 1.82) is 0 Å². The first-order chi connectivity index (χ1) is 13.5. The molecule has 7 nitrogen and oxygen atoms in total. The molecule has 0 radical (unpaired) electrons. The Balaban J connectivity index is 1.42. The molecule has 0 unspecified atom stereocenters. The number of hydrogen-bond acceptors (Lipinski definition) is 4. The van der Waals surface area contributed by atoms with Crippen molar-refractivity contribution in [1.82, 2.24) is 25.2 Å². The fraction of sp³-hybridized carbons (Fsp3) is 0.333. The Labute approximate surface area is 163 Å². The highest BCUT2D eigenvalue weighted by atomic mass is 16.2. The highest BCUT2D eigenvalue weighted by Gasteiger charge is 2.23. The molecule has 1 atom stereocenters. The molecule has 0 saturated carbocycles. The number of carbonyl (C=O) groups excluding carboxylic acids is 2. The number of amides is 2. The fourth-order valence-corrected chi connectivity index (χ4v) is 3.83. The summed E-state index contributed by atoms with van der Waals surface area (Å²) in [6.07, 6.45) is 3.02. The molecule has 2 amide bonds. The van der Waals surface area contributed by atoms with Gasteiger partial charge < -0.3 is 10.2 Å². The SMILES string of the molecule is CN(CC(=O)N[C@H]1CCCc2ccccc21)C(=O)c1ccc2c(c1)nnn2C. The second kappa shape index (κ2) is 7.42. The fourth-order valence-electron chi connectivity index (χ4n) is 3.83. The molecule has 28 heavy (non-hydrogen) atoms. The smallest absolute Gasteiger partial charge is 0.254 e. The Morgan fingerprint density at radius 2 is 2.07 bits per heavy atom. The maximum absolute atomic E-state index is 12.7. The summed E-state index contributed by atoms with van der Waals surface area (Å²) in [4.78, 5) is 26.7. The van der Waals surface area contributed by atoms with Gasteiger partial charge in [-0.2, -0.15) is 0 Å². The summed E-state index contributed by atoms with van der Waals surface area (Å²) in [7, 11) is 3.44. The minimum absolute atomic E-state index is 0.00993. The van der Waals surface area contributed by atoms with Gasteiger partial charge in [0.25, 0.3) is 5.91 Å². The molecule has 0 aliphatic heterocycles. The van der Waals surface area contributed by atoms with Gasteiger partial charge in [-0.15, -0.1) is 5.10 Å². The normalized spacial score (nSPS) is 15.9. The van der Waals surface area contributed by atoms with Gasteiger partial charge in [0, 0.05) is 19.7 Å². The van der Waals surface area contributed by atoms with Gasteiger partial charge >= 0.3 is 0 Å². The molecule has 1 aliphatic rings. The molecule has 1 aromatic heterocycles. The Hall–Kier alpha value is -3.22. The molecule has 0 fully saturated rings. The van der Waals surface area contributed by atoms with Crippen LogP contribution in [0.15, 0.2) is 42.5 Å². The van der Waals surface area contributed by atoms with Gasteiger partial charge in [0.2, 0.25) is 5.91 Å². The summed E-state index contributed by atoms with van der Waals surface area (Å²) in [5.41, 5.74) is 4.48. The van der Waals surface area contributed by atoms with Gasteiger partial charge in [0.05, 0.1) is 18.1 Å². The number of carbonyl (C=O) groups is 2. The van der Waals surface area contributed by atoms with Crippen molar-refractivity contribution in [2.75, 3.05) is 13.6 Å². The number of nitrogens with one attached hydrogen (secondary N) is 1. The molecule has 0 spiro atoms. The Kier molecular flexibility index (Phi) is 4.81. The Morgan fingerprint density at radius 3 is 2.93 bits per heavy atom. The van der Waals surface area contributed by atoms with Crippen molar-refractivity contribution in [3.05, 3.63) is 59.2 Å². The molecule has 2 aromatic carbocycles. The van der Waals surface area contributed by atoms with E-state index in [4.69, 9.17) is 0 Å². The second-order valence-corrected chi connectivity index (χ2v) is 7.29. The van der Waals surface area contributed by atoms with E-state index in [2.05, 4.69) is 27.8 Å². The predicted molar refractivity (Wildman–Crippen MR) is 106 cm³/mol. The third-order valence-electron chi connectivity index (χ3n) is 5.29. The zero-order chi connectivity index (χ0) is 19.7. The number of rotatable bonds is 4. The molecular weight excluding hydrogens is 354 g/mol. The Bertz CT molecular complexity index is 1040. The lowest BCUT2D eigenvalue weighted by Gasteiger charge is -2.27. The van der Waals surface area contributed by atoms with E-state index in [1.807, 2.05) is 18.2 Å². The molecule has 3 aromatic rings. The number of fused-ring (bicyclic) bond motifs is 2. The summed E-state index contributed by atoms with van der Waals surface area (Å²) < 4.78 is 1.66. The van der Waals surface area contributed by atoms with Crippen LogP contribution in [0.1, 0.15) is 40.4 Å². The quantitative estimate of drug-likeness (QED) is 0.756. The molecular formula is C21H23N5O2. The van der Waals surface area contributed by atoms with Crippen molar-refractivity contribution < 1.29 is 9.59 Å². The van der Waals surface area contributed by atoms with Crippen LogP contribution in [0.5, 0.6) is 0 Å². The lowest BCUT2D eigenvalue weighted by Crippen LogP contribution is -2.40. The standard InChI is InChI=1S/C21H23N5O2/c1-25(21(28)15-10-11-19-18(12-15)23-24-26(19)2)13-20(27)22-17-9-5-7-14-6-3-4-8-16(14)17/h3-4,6,8,10-12,17H,5,7,9,13H2,1-2H3,(H,22,27)/t17-/m0/s1. The van der Waals surface area contributed by atoms with Gasteiger partial charge in [0.1, 0.15) is 5.52 Å². The van der Waals surface area contributed by atoms with E-state index in [0.29, 0.717) is 11.1 Å². The third-order valence-corrected chi connectivity index (χ3v) is 5.29. The van der Waals surface area contributed by atoms with Crippen molar-refractivity contribution >= 4 is 22.8 Å². The number of aromatic nitrogens is 3. The van der Waals surface area contributed by atoms with E-state index in [1.165, 1.54) is 16.0 Å². The number of hydrogen-bond donors (Lipinski definition) is 1. The summed E-state index contributed by atoms with van der Waals surface area (Å²) in [5.74, 6) is -0.370. The second-order valence-electron chi connectivity index (χ2n) is 7.29. The molecule has 144 valence electrons. The van der Waals surface area contributed by atoms with Gasteiger partial charge in [-0.05, 0) is 48.6 Å². The van der Waals surface area contributed by atoms with E-state index in [9.17, 15) is 9.59 Å². The largest absolute Gasteiger partial charge is 0.348 e. The molecule has 7 heteroatoms. The minimum atomic E-state index is -0.216. The average Bonchev–Trinajstić information content (AvgIpc) is 3.08. The summed E-state index contributed by atoms with van der Waals surface area (Å²) in [6, 6.07) is 13.5. The van der Waals surface area contributed by atoms with Crippen LogP contribution in [-0.2, 0) is 18.3 Å². The molecule has 1 heterocycles. The van der Waals surface area contributed by atoms with Crippen molar-refractivity contribution in [3.8, 4) is 0 Å². The zero-order valence-corrected chi connectivity index (χ0v) is 16.1. The van der Waals surface area contributed by atoms with Gasteiger partial charge in [0.15, 0.2) is 0 Å². The maximum atomic E-state index is 12.7. The molecule has 4 rings (SSSR count). The van der Waals surface area contributed by atoms with E-state index < -0.39 is 0 Å². The van der Waals surface area contributed by atoms with Crippen LogP contribution in [0.25, 0.3) is 11.0 Å². The Morgan fingerprint density at radius 1 is 1.25 bits per heavy atom. The van der Waals surface area contributed by atoms with Crippen LogP contribution in [-0.4, -0.2) is 45.3 Å². The van der Waals surface area contributed by atoms with Crippen LogP contribution in [0.3, 0.4) is 0 Å². The third kappa shape index (κ3) is 3.47. The van der Waals surface area contributed by atoms with E-state index in [0.717, 1.165) is 24.8 Å². The molecule has 0 saturated heterocycles. The van der Waals surface area contributed by atoms with E-state index >= 15 is 0 Å².